The Morgan fingerprint density at radius 2 is 1.93 bits per heavy atom. The Hall–Kier alpha value is -2.27. The lowest BCUT2D eigenvalue weighted by Crippen LogP contribution is -2.17. The third kappa shape index (κ3) is 3.80. The van der Waals surface area contributed by atoms with Gasteiger partial charge >= 0.3 is 0 Å². The molecule has 1 aliphatic heterocycles. The molecule has 1 aliphatic carbocycles. The number of fused-ring (bicyclic) bond motifs is 1. The molecule has 3 aromatic rings. The van der Waals surface area contributed by atoms with Crippen LogP contribution in [0.3, 0.4) is 0 Å². The first-order valence-corrected chi connectivity index (χ1v) is 11.1. The number of ether oxygens (including phenoxy) is 1. The Morgan fingerprint density at radius 3 is 2.72 bits per heavy atom. The van der Waals surface area contributed by atoms with E-state index in [1.807, 2.05) is 6.20 Å². The minimum absolute atomic E-state index is 0.722. The van der Waals surface area contributed by atoms with Crippen LogP contribution in [0.4, 0.5) is 0 Å². The fourth-order valence-electron chi connectivity index (χ4n) is 5.12. The van der Waals surface area contributed by atoms with Crippen molar-refractivity contribution in [2.45, 2.75) is 58.0 Å². The van der Waals surface area contributed by atoms with E-state index >= 15 is 0 Å². The summed E-state index contributed by atoms with van der Waals surface area (Å²) < 4.78 is 14.3. The van der Waals surface area contributed by atoms with E-state index in [1.165, 1.54) is 44.9 Å². The van der Waals surface area contributed by atoms with Gasteiger partial charge in [0.1, 0.15) is 11.5 Å². The second-order valence-corrected chi connectivity index (χ2v) is 8.67. The first-order chi connectivity index (χ1) is 14.3. The molecule has 3 heterocycles. The van der Waals surface area contributed by atoms with Crippen LogP contribution in [0.15, 0.2) is 35.0 Å². The number of methoxy groups -OCH3 is 1. The van der Waals surface area contributed by atoms with E-state index in [-0.39, 0.29) is 0 Å². The first-order valence-electron chi connectivity index (χ1n) is 11.1. The van der Waals surface area contributed by atoms with Crippen molar-refractivity contribution in [3.8, 4) is 17.2 Å². The van der Waals surface area contributed by atoms with Gasteiger partial charge < -0.3 is 13.7 Å². The van der Waals surface area contributed by atoms with Crippen molar-refractivity contribution in [3.05, 3.63) is 36.4 Å². The van der Waals surface area contributed by atoms with Crippen LogP contribution < -0.4 is 4.74 Å². The van der Waals surface area contributed by atoms with Crippen LogP contribution in [0.1, 0.15) is 50.7 Å². The van der Waals surface area contributed by atoms with Gasteiger partial charge in [-0.05, 0) is 50.8 Å². The first kappa shape index (κ1) is 18.7. The predicted molar refractivity (Wildman–Crippen MR) is 115 cm³/mol. The highest BCUT2D eigenvalue weighted by Crippen LogP contribution is 2.37. The summed E-state index contributed by atoms with van der Waals surface area (Å²) in [4.78, 5) is 7.09. The molecule has 5 nitrogen and oxygen atoms in total. The maximum Gasteiger partial charge on any atom is 0.228 e. The van der Waals surface area contributed by atoms with Crippen molar-refractivity contribution >= 4 is 10.9 Å². The summed E-state index contributed by atoms with van der Waals surface area (Å²) in [5.74, 6) is 3.35. The lowest BCUT2D eigenvalue weighted by Gasteiger charge is -2.22. The smallest absolute Gasteiger partial charge is 0.228 e. The van der Waals surface area contributed by atoms with Gasteiger partial charge in [-0.15, -0.1) is 0 Å². The Bertz CT molecular complexity index is 962. The molecule has 2 aliphatic rings. The molecular weight excluding hydrogens is 362 g/mol. The molecule has 0 unspecified atom stereocenters. The van der Waals surface area contributed by atoms with Crippen molar-refractivity contribution in [3.63, 3.8) is 0 Å². The second-order valence-electron chi connectivity index (χ2n) is 8.67. The molecule has 1 saturated heterocycles. The van der Waals surface area contributed by atoms with Gasteiger partial charge in [0.25, 0.3) is 0 Å². The zero-order chi connectivity index (χ0) is 19.6. The van der Waals surface area contributed by atoms with Gasteiger partial charge in [0, 0.05) is 18.1 Å². The highest BCUT2D eigenvalue weighted by molar-refractivity contribution is 5.97. The van der Waals surface area contributed by atoms with E-state index in [2.05, 4.69) is 38.8 Å². The van der Waals surface area contributed by atoms with Crippen LogP contribution in [-0.4, -0.2) is 34.7 Å². The highest BCUT2D eigenvalue weighted by atomic mass is 16.5. The van der Waals surface area contributed by atoms with Gasteiger partial charge in [0.2, 0.25) is 5.89 Å². The molecule has 1 aromatic carbocycles. The molecule has 29 heavy (non-hydrogen) atoms. The maximum atomic E-state index is 6.21. The number of benzene rings is 1. The van der Waals surface area contributed by atoms with Gasteiger partial charge in [-0.1, -0.05) is 31.4 Å². The lowest BCUT2D eigenvalue weighted by molar-refractivity contribution is 0.299. The van der Waals surface area contributed by atoms with E-state index in [4.69, 9.17) is 9.15 Å². The Labute approximate surface area is 172 Å². The molecule has 2 fully saturated rings. The summed E-state index contributed by atoms with van der Waals surface area (Å²) in [5.41, 5.74) is 2.23. The van der Waals surface area contributed by atoms with Gasteiger partial charge in [0.15, 0.2) is 0 Å². The van der Waals surface area contributed by atoms with Crippen LogP contribution in [0.25, 0.3) is 22.4 Å². The minimum Gasteiger partial charge on any atom is -0.495 e. The normalized spacial score (nSPS) is 18.7. The van der Waals surface area contributed by atoms with Gasteiger partial charge in [-0.25, -0.2) is 4.98 Å². The summed E-state index contributed by atoms with van der Waals surface area (Å²) in [6, 6.07) is 6.27. The molecule has 0 N–H and O–H groups in total. The monoisotopic (exact) mass is 393 g/mol. The molecule has 5 rings (SSSR count). The number of para-hydroxylation sites is 1. The van der Waals surface area contributed by atoms with Crippen molar-refractivity contribution in [2.24, 2.45) is 5.92 Å². The molecule has 0 bridgehead atoms. The van der Waals surface area contributed by atoms with Crippen molar-refractivity contribution in [1.29, 1.82) is 0 Å². The Kier molecular flexibility index (Phi) is 5.32. The second kappa shape index (κ2) is 8.23. The van der Waals surface area contributed by atoms with Crippen LogP contribution in [0.2, 0.25) is 0 Å². The maximum absolute atomic E-state index is 6.21. The molecule has 0 spiro atoms. The molecule has 0 atom stereocenters. The Morgan fingerprint density at radius 1 is 1.10 bits per heavy atom. The zero-order valence-electron chi connectivity index (χ0n) is 17.4. The summed E-state index contributed by atoms with van der Waals surface area (Å²) in [6.45, 7) is 4.22. The van der Waals surface area contributed by atoms with Gasteiger partial charge in [-0.3, -0.25) is 4.90 Å². The van der Waals surface area contributed by atoms with Gasteiger partial charge in [-0.2, -0.15) is 0 Å². The number of oxazole rings is 1. The quantitative estimate of drug-likeness (QED) is 0.556. The van der Waals surface area contributed by atoms with E-state index < -0.39 is 0 Å². The highest BCUT2D eigenvalue weighted by Gasteiger charge is 2.21. The SMILES string of the molecule is COc1cccc2c(-c3ncc(CN4CCCC4)o3)cn(CC3CCCCC3)c12. The molecule has 154 valence electrons. The van der Waals surface area contributed by atoms with Gasteiger partial charge in [0.05, 0.1) is 30.9 Å². The van der Waals surface area contributed by atoms with E-state index in [0.29, 0.717) is 0 Å². The number of aromatic nitrogens is 2. The molecular formula is C24H31N3O2. The summed E-state index contributed by atoms with van der Waals surface area (Å²) in [6.07, 6.45) is 13.4. The summed E-state index contributed by atoms with van der Waals surface area (Å²) in [5, 5.41) is 1.16. The average Bonchev–Trinajstić information content (AvgIpc) is 3.50. The number of nitrogens with zero attached hydrogens (tertiary/aromatic N) is 3. The van der Waals surface area contributed by atoms with Crippen LogP contribution in [0.5, 0.6) is 5.75 Å². The third-order valence-electron chi connectivity index (χ3n) is 6.62. The Balaban J connectivity index is 1.49. The van der Waals surface area contributed by atoms with Crippen LogP contribution in [-0.2, 0) is 13.1 Å². The summed E-state index contributed by atoms with van der Waals surface area (Å²) >= 11 is 0. The predicted octanol–water partition coefficient (Wildman–Crippen LogP) is 5.48. The van der Waals surface area contributed by atoms with Crippen molar-refractivity contribution < 1.29 is 9.15 Å². The lowest BCUT2D eigenvalue weighted by atomic mass is 9.89. The van der Waals surface area contributed by atoms with Crippen LogP contribution in [0, 0.1) is 5.92 Å². The standard InChI is InChI=1S/C24H31N3O2/c1-28-22-11-7-10-20-21(17-27(23(20)22)15-18-8-3-2-4-9-18)24-25-14-19(29-24)16-26-12-5-6-13-26/h7,10-11,14,17-18H,2-6,8-9,12-13,15-16H2,1H3. The average molecular weight is 394 g/mol. The topological polar surface area (TPSA) is 43.4 Å². The largest absolute Gasteiger partial charge is 0.495 e. The van der Waals surface area contributed by atoms with E-state index in [1.54, 1.807) is 7.11 Å². The fourth-order valence-corrected chi connectivity index (χ4v) is 5.12. The van der Waals surface area contributed by atoms with Crippen molar-refractivity contribution in [1.82, 2.24) is 14.5 Å². The molecule has 0 radical (unpaired) electrons. The zero-order valence-corrected chi connectivity index (χ0v) is 17.4. The fraction of sp³-hybridized carbons (Fsp3) is 0.542. The number of hydrogen-bond acceptors (Lipinski definition) is 4. The molecule has 1 saturated carbocycles. The van der Waals surface area contributed by atoms with Crippen molar-refractivity contribution in [2.75, 3.05) is 20.2 Å². The van der Waals surface area contributed by atoms with Crippen LogP contribution >= 0.6 is 0 Å². The molecule has 5 heteroatoms. The number of hydrogen-bond donors (Lipinski definition) is 0. The molecule has 0 amide bonds. The third-order valence-corrected chi connectivity index (χ3v) is 6.62. The minimum atomic E-state index is 0.722. The van der Waals surface area contributed by atoms with E-state index in [9.17, 15) is 0 Å². The molecule has 2 aromatic heterocycles. The summed E-state index contributed by atoms with van der Waals surface area (Å²) in [7, 11) is 1.76. The number of likely N-dealkylation sites (tertiary alicyclic amines) is 1. The number of rotatable bonds is 6. The van der Waals surface area contributed by atoms with E-state index in [0.717, 1.165) is 66.0 Å².